The average Bonchev–Trinajstić information content (AvgIpc) is 2.25. The molecule has 14 heavy (non-hydrogen) atoms. The summed E-state index contributed by atoms with van der Waals surface area (Å²) in [5, 5.41) is 11.2. The zero-order chi connectivity index (χ0) is 10.4. The van der Waals surface area contributed by atoms with Gasteiger partial charge in [0.1, 0.15) is 0 Å². The van der Waals surface area contributed by atoms with Crippen LogP contribution in [-0.2, 0) is 0 Å². The molecular formula is C8H8N4O2. The molecule has 0 saturated heterocycles. The fourth-order valence-electron chi connectivity index (χ4n) is 0.764. The van der Waals surface area contributed by atoms with E-state index in [0.717, 1.165) is 0 Å². The summed E-state index contributed by atoms with van der Waals surface area (Å²) in [7, 11) is 0. The third kappa shape index (κ3) is 2.10. The molecule has 0 unspecified atom stereocenters. The van der Waals surface area contributed by atoms with Crippen LogP contribution in [0.25, 0.3) is 0 Å². The Labute approximate surface area is 80.4 Å². The molecule has 1 aromatic rings. The minimum absolute atomic E-state index is 0.0460. The predicted octanol–water partition coefficient (Wildman–Crippen LogP) is -0.417. The van der Waals surface area contributed by atoms with E-state index in [1.165, 1.54) is 12.4 Å². The second-order valence-corrected chi connectivity index (χ2v) is 2.19. The maximum Gasteiger partial charge on any atom is 0.244 e. The van der Waals surface area contributed by atoms with Gasteiger partial charge >= 0.3 is 0 Å². The largest absolute Gasteiger partial charge is 0.463 e. The van der Waals surface area contributed by atoms with Crippen LogP contribution in [0.5, 0.6) is 5.88 Å². The van der Waals surface area contributed by atoms with Crippen molar-refractivity contribution in [1.29, 1.82) is 0 Å². The van der Waals surface area contributed by atoms with E-state index < -0.39 is 0 Å². The van der Waals surface area contributed by atoms with Crippen LogP contribution in [-0.4, -0.2) is 27.6 Å². The quantitative estimate of drug-likeness (QED) is 0.223. The van der Waals surface area contributed by atoms with Gasteiger partial charge in [-0.25, -0.2) is 9.97 Å². The first-order valence-corrected chi connectivity index (χ1v) is 3.64. The van der Waals surface area contributed by atoms with Crippen molar-refractivity contribution in [2.75, 3.05) is 6.61 Å². The van der Waals surface area contributed by atoms with Crippen LogP contribution >= 0.6 is 0 Å². The van der Waals surface area contributed by atoms with Gasteiger partial charge in [-0.3, -0.25) is 0 Å². The van der Waals surface area contributed by atoms with Gasteiger partial charge in [0.15, 0.2) is 18.1 Å². The first kappa shape index (κ1) is 9.80. The van der Waals surface area contributed by atoms with E-state index in [4.69, 9.17) is 22.1 Å². The Balaban J connectivity index is 2.98. The number of amidine groups is 1. The van der Waals surface area contributed by atoms with Crippen LogP contribution < -0.4 is 10.5 Å². The molecule has 0 fully saturated rings. The zero-order valence-corrected chi connectivity index (χ0v) is 7.21. The summed E-state index contributed by atoms with van der Waals surface area (Å²) in [6.07, 6.45) is 7.82. The molecule has 0 aliphatic heterocycles. The molecule has 3 N–H and O–H groups in total. The van der Waals surface area contributed by atoms with Gasteiger partial charge in [-0.15, -0.1) is 6.42 Å². The van der Waals surface area contributed by atoms with Gasteiger partial charge in [0.2, 0.25) is 5.88 Å². The molecule has 0 aliphatic rings. The molecule has 0 bridgehead atoms. The van der Waals surface area contributed by atoms with Crippen LogP contribution in [0.15, 0.2) is 17.5 Å². The van der Waals surface area contributed by atoms with E-state index in [9.17, 15) is 0 Å². The topological polar surface area (TPSA) is 93.6 Å². The van der Waals surface area contributed by atoms with E-state index in [1.54, 1.807) is 0 Å². The Hall–Kier alpha value is -2.29. The number of ether oxygens (including phenoxy) is 1. The van der Waals surface area contributed by atoms with Crippen LogP contribution in [0.1, 0.15) is 5.69 Å². The molecule has 0 saturated carbocycles. The molecule has 1 aromatic heterocycles. The molecule has 0 radical (unpaired) electrons. The van der Waals surface area contributed by atoms with Gasteiger partial charge in [0.05, 0.1) is 0 Å². The summed E-state index contributed by atoms with van der Waals surface area (Å²) in [4.78, 5) is 7.66. The van der Waals surface area contributed by atoms with Crippen molar-refractivity contribution in [3.8, 4) is 18.2 Å². The molecule has 0 amide bonds. The van der Waals surface area contributed by atoms with Crippen molar-refractivity contribution >= 4 is 5.84 Å². The highest BCUT2D eigenvalue weighted by molar-refractivity contribution is 5.97. The van der Waals surface area contributed by atoms with Crippen LogP contribution in [0, 0.1) is 12.3 Å². The predicted molar refractivity (Wildman–Crippen MR) is 48.9 cm³/mol. The molecule has 72 valence electrons. The highest BCUT2D eigenvalue weighted by Gasteiger charge is 2.10. The summed E-state index contributed by atoms with van der Waals surface area (Å²) in [6, 6.07) is 0. The van der Waals surface area contributed by atoms with Gasteiger partial charge in [-0.2, -0.15) is 0 Å². The number of hydrogen-bond acceptors (Lipinski definition) is 5. The Morgan fingerprint density at radius 1 is 1.64 bits per heavy atom. The lowest BCUT2D eigenvalue weighted by atomic mass is 10.4. The van der Waals surface area contributed by atoms with Crippen LogP contribution in [0.2, 0.25) is 0 Å². The zero-order valence-electron chi connectivity index (χ0n) is 7.21. The average molecular weight is 192 g/mol. The number of rotatable bonds is 3. The second-order valence-electron chi connectivity index (χ2n) is 2.19. The fraction of sp³-hybridized carbons (Fsp3) is 0.125. The minimum atomic E-state index is -0.176. The molecule has 0 spiro atoms. The molecule has 0 aromatic carbocycles. The van der Waals surface area contributed by atoms with Crippen molar-refractivity contribution < 1.29 is 9.94 Å². The van der Waals surface area contributed by atoms with E-state index in [0.29, 0.717) is 0 Å². The number of nitrogens with zero attached hydrogens (tertiary/aromatic N) is 3. The Bertz CT molecular complexity index is 383. The maximum absolute atomic E-state index is 8.44. The second kappa shape index (κ2) is 4.67. The third-order valence-corrected chi connectivity index (χ3v) is 1.31. The molecule has 6 nitrogen and oxygen atoms in total. The molecule has 0 aliphatic carbocycles. The summed E-state index contributed by atoms with van der Waals surface area (Å²) in [6.45, 7) is 0.0460. The highest BCUT2D eigenvalue weighted by Crippen LogP contribution is 2.10. The van der Waals surface area contributed by atoms with Crippen molar-refractivity contribution in [2.24, 2.45) is 10.9 Å². The maximum atomic E-state index is 8.44. The summed E-state index contributed by atoms with van der Waals surface area (Å²) in [5.41, 5.74) is 5.49. The number of oxime groups is 1. The van der Waals surface area contributed by atoms with E-state index >= 15 is 0 Å². The smallest absolute Gasteiger partial charge is 0.244 e. The number of hydrogen-bond donors (Lipinski definition) is 2. The minimum Gasteiger partial charge on any atom is -0.463 e. The van der Waals surface area contributed by atoms with E-state index in [1.807, 2.05) is 0 Å². The van der Waals surface area contributed by atoms with Gasteiger partial charge in [0, 0.05) is 12.4 Å². The highest BCUT2D eigenvalue weighted by atomic mass is 16.5. The summed E-state index contributed by atoms with van der Waals surface area (Å²) in [5.74, 6) is 2.23. The Kier molecular flexibility index (Phi) is 3.27. The SMILES string of the molecule is C#CCOc1nccnc1/C(N)=N/O. The van der Waals surface area contributed by atoms with Gasteiger partial charge < -0.3 is 15.7 Å². The normalized spacial score (nSPS) is 10.6. The fourth-order valence-corrected chi connectivity index (χ4v) is 0.764. The Morgan fingerprint density at radius 3 is 3.00 bits per heavy atom. The number of terminal acetylenes is 1. The van der Waals surface area contributed by atoms with Gasteiger partial charge in [0.25, 0.3) is 0 Å². The van der Waals surface area contributed by atoms with Crippen molar-refractivity contribution in [3.63, 3.8) is 0 Å². The lowest BCUT2D eigenvalue weighted by Gasteiger charge is -2.04. The lowest BCUT2D eigenvalue weighted by Crippen LogP contribution is -2.17. The summed E-state index contributed by atoms with van der Waals surface area (Å²) >= 11 is 0. The molecular weight excluding hydrogens is 184 g/mol. The molecule has 0 atom stereocenters. The number of nitrogens with two attached hydrogens (primary N) is 1. The van der Waals surface area contributed by atoms with E-state index in [2.05, 4.69) is 21.0 Å². The summed E-state index contributed by atoms with van der Waals surface area (Å²) < 4.78 is 5.03. The molecule has 6 heteroatoms. The standard InChI is InChI=1S/C8H8N4O2/c1-2-5-14-8-6(7(9)12-13)10-3-4-11-8/h1,3-4,13H,5H2,(H2,9,12). The number of aromatic nitrogens is 2. The van der Waals surface area contributed by atoms with Crippen molar-refractivity contribution in [1.82, 2.24) is 9.97 Å². The molecule has 1 rings (SSSR count). The first-order valence-electron chi connectivity index (χ1n) is 3.64. The van der Waals surface area contributed by atoms with Crippen LogP contribution in [0.4, 0.5) is 0 Å². The lowest BCUT2D eigenvalue weighted by molar-refractivity contribution is 0.317. The Morgan fingerprint density at radius 2 is 2.36 bits per heavy atom. The van der Waals surface area contributed by atoms with Gasteiger partial charge in [-0.05, 0) is 0 Å². The van der Waals surface area contributed by atoms with Crippen LogP contribution in [0.3, 0.4) is 0 Å². The van der Waals surface area contributed by atoms with Crippen molar-refractivity contribution in [2.45, 2.75) is 0 Å². The van der Waals surface area contributed by atoms with E-state index in [-0.39, 0.29) is 24.0 Å². The van der Waals surface area contributed by atoms with Crippen molar-refractivity contribution in [3.05, 3.63) is 18.1 Å². The third-order valence-electron chi connectivity index (χ3n) is 1.31. The monoisotopic (exact) mass is 192 g/mol. The molecule has 1 heterocycles. The first-order chi connectivity index (χ1) is 6.79. The van der Waals surface area contributed by atoms with Gasteiger partial charge in [-0.1, -0.05) is 11.1 Å².